The quantitative estimate of drug-likeness (QED) is 0.833. The minimum absolute atomic E-state index is 0.0776. The summed E-state index contributed by atoms with van der Waals surface area (Å²) in [5.41, 5.74) is -0.0776. The third-order valence-electron chi connectivity index (χ3n) is 4.57. The van der Waals surface area contributed by atoms with E-state index in [0.717, 1.165) is 25.7 Å². The molecule has 0 atom stereocenters. The average molecular weight is 314 g/mol. The first-order valence-corrected chi connectivity index (χ1v) is 9.00. The van der Waals surface area contributed by atoms with E-state index in [0.29, 0.717) is 6.54 Å². The van der Waals surface area contributed by atoms with E-state index in [9.17, 15) is 8.42 Å². The highest BCUT2D eigenvalue weighted by atomic mass is 32.2. The standard InChI is InChI=1S/C14H26N4O2S/c1-17(2)14(8-6-4-5-7-9-14)12-16-21(19,20)13-10-15-18(3)11-13/h10-11,16H,4-9,12H2,1-3H3. The molecule has 0 bridgehead atoms. The molecule has 7 heteroatoms. The number of rotatable bonds is 5. The van der Waals surface area contributed by atoms with Crippen molar-refractivity contribution in [2.75, 3.05) is 20.6 Å². The Bertz CT molecular complexity index is 557. The SMILES string of the molecule is CN(C)C1(CNS(=O)(=O)c2cnn(C)c2)CCCCCC1. The van der Waals surface area contributed by atoms with Crippen molar-refractivity contribution >= 4 is 10.0 Å². The molecule has 21 heavy (non-hydrogen) atoms. The van der Waals surface area contributed by atoms with Crippen molar-refractivity contribution < 1.29 is 8.42 Å². The fraction of sp³-hybridized carbons (Fsp3) is 0.786. The van der Waals surface area contributed by atoms with E-state index >= 15 is 0 Å². The van der Waals surface area contributed by atoms with Crippen molar-refractivity contribution in [2.45, 2.75) is 49.0 Å². The third kappa shape index (κ3) is 3.84. The van der Waals surface area contributed by atoms with Gasteiger partial charge in [-0.25, -0.2) is 13.1 Å². The summed E-state index contributed by atoms with van der Waals surface area (Å²) < 4.78 is 29.0. The first kappa shape index (κ1) is 16.5. The minimum Gasteiger partial charge on any atom is -0.302 e. The van der Waals surface area contributed by atoms with Gasteiger partial charge in [0, 0.05) is 25.3 Å². The number of sulfonamides is 1. The molecular formula is C14H26N4O2S. The van der Waals surface area contributed by atoms with E-state index in [2.05, 4.69) is 14.7 Å². The van der Waals surface area contributed by atoms with Crippen LogP contribution in [-0.4, -0.2) is 49.3 Å². The molecular weight excluding hydrogens is 288 g/mol. The monoisotopic (exact) mass is 314 g/mol. The van der Waals surface area contributed by atoms with Gasteiger partial charge in [0.05, 0.1) is 6.20 Å². The molecule has 0 aliphatic heterocycles. The second-order valence-corrected chi connectivity index (χ2v) is 7.97. The molecule has 0 saturated heterocycles. The molecule has 0 aromatic carbocycles. The normalized spacial score (nSPS) is 19.6. The summed E-state index contributed by atoms with van der Waals surface area (Å²) in [7, 11) is 2.32. The van der Waals surface area contributed by atoms with Gasteiger partial charge in [-0.15, -0.1) is 0 Å². The van der Waals surface area contributed by atoms with Crippen molar-refractivity contribution in [1.29, 1.82) is 0 Å². The van der Waals surface area contributed by atoms with Gasteiger partial charge in [-0.2, -0.15) is 5.10 Å². The second kappa shape index (κ2) is 6.46. The Morgan fingerprint density at radius 2 is 1.90 bits per heavy atom. The van der Waals surface area contributed by atoms with Gasteiger partial charge in [-0.05, 0) is 26.9 Å². The van der Waals surface area contributed by atoms with Crippen LogP contribution in [0, 0.1) is 0 Å². The summed E-state index contributed by atoms with van der Waals surface area (Å²) >= 11 is 0. The lowest BCUT2D eigenvalue weighted by Gasteiger charge is -2.39. The largest absolute Gasteiger partial charge is 0.302 e. The Morgan fingerprint density at radius 1 is 1.29 bits per heavy atom. The summed E-state index contributed by atoms with van der Waals surface area (Å²) in [6.07, 6.45) is 9.79. The molecule has 1 aliphatic carbocycles. The van der Waals surface area contributed by atoms with Crippen LogP contribution in [-0.2, 0) is 17.1 Å². The number of hydrogen-bond donors (Lipinski definition) is 1. The van der Waals surface area contributed by atoms with E-state index in [1.165, 1.54) is 29.9 Å². The Kier molecular flexibility index (Phi) is 5.06. The number of nitrogens with one attached hydrogen (secondary N) is 1. The van der Waals surface area contributed by atoms with E-state index in [4.69, 9.17) is 0 Å². The van der Waals surface area contributed by atoms with Crippen LogP contribution >= 0.6 is 0 Å². The Hall–Kier alpha value is -0.920. The first-order valence-electron chi connectivity index (χ1n) is 7.51. The Morgan fingerprint density at radius 3 is 2.38 bits per heavy atom. The molecule has 1 fully saturated rings. The molecule has 2 rings (SSSR count). The van der Waals surface area contributed by atoms with Crippen molar-refractivity contribution in [2.24, 2.45) is 7.05 Å². The van der Waals surface area contributed by atoms with Gasteiger partial charge in [-0.1, -0.05) is 25.7 Å². The van der Waals surface area contributed by atoms with Gasteiger partial charge in [0.1, 0.15) is 4.90 Å². The van der Waals surface area contributed by atoms with Crippen molar-refractivity contribution in [3.8, 4) is 0 Å². The van der Waals surface area contributed by atoms with Gasteiger partial charge in [0.25, 0.3) is 0 Å². The fourth-order valence-corrected chi connectivity index (χ4v) is 4.12. The Labute approximate surface area is 127 Å². The molecule has 1 heterocycles. The van der Waals surface area contributed by atoms with Crippen LogP contribution in [0.25, 0.3) is 0 Å². The van der Waals surface area contributed by atoms with Crippen molar-refractivity contribution in [3.05, 3.63) is 12.4 Å². The van der Waals surface area contributed by atoms with Crippen molar-refractivity contribution in [3.63, 3.8) is 0 Å². The lowest BCUT2D eigenvalue weighted by Crippen LogP contribution is -2.52. The van der Waals surface area contributed by atoms with E-state index in [-0.39, 0.29) is 10.4 Å². The van der Waals surface area contributed by atoms with Gasteiger partial charge in [0.15, 0.2) is 0 Å². The average Bonchev–Trinajstić information content (AvgIpc) is 2.73. The number of likely N-dealkylation sites (N-methyl/N-ethyl adjacent to an activating group) is 1. The topological polar surface area (TPSA) is 67.2 Å². The van der Waals surface area contributed by atoms with E-state index in [1.807, 2.05) is 14.1 Å². The lowest BCUT2D eigenvalue weighted by atomic mass is 9.89. The number of hydrogen-bond acceptors (Lipinski definition) is 4. The summed E-state index contributed by atoms with van der Waals surface area (Å²) in [4.78, 5) is 2.41. The van der Waals surface area contributed by atoms with Crippen LogP contribution < -0.4 is 4.72 Å². The number of aromatic nitrogens is 2. The van der Waals surface area contributed by atoms with E-state index < -0.39 is 10.0 Å². The lowest BCUT2D eigenvalue weighted by molar-refractivity contribution is 0.133. The molecule has 0 amide bonds. The van der Waals surface area contributed by atoms with Crippen LogP contribution in [0.15, 0.2) is 17.3 Å². The predicted molar refractivity (Wildman–Crippen MR) is 82.5 cm³/mol. The molecule has 120 valence electrons. The zero-order valence-corrected chi connectivity index (χ0v) is 14.0. The van der Waals surface area contributed by atoms with Gasteiger partial charge >= 0.3 is 0 Å². The van der Waals surface area contributed by atoms with Gasteiger partial charge in [-0.3, -0.25) is 4.68 Å². The minimum atomic E-state index is -3.48. The summed E-state index contributed by atoms with van der Waals surface area (Å²) in [6, 6.07) is 0. The molecule has 0 radical (unpaired) electrons. The molecule has 1 aromatic heterocycles. The highest BCUT2D eigenvalue weighted by Gasteiger charge is 2.34. The van der Waals surface area contributed by atoms with Crippen molar-refractivity contribution in [1.82, 2.24) is 19.4 Å². The highest BCUT2D eigenvalue weighted by Crippen LogP contribution is 2.30. The molecule has 6 nitrogen and oxygen atoms in total. The van der Waals surface area contributed by atoms with Crippen LogP contribution in [0.3, 0.4) is 0 Å². The second-order valence-electron chi connectivity index (χ2n) is 6.21. The first-order chi connectivity index (χ1) is 9.86. The molecule has 1 aromatic rings. The zero-order valence-electron chi connectivity index (χ0n) is 13.2. The smallest absolute Gasteiger partial charge is 0.243 e. The van der Waals surface area contributed by atoms with Crippen LogP contribution in [0.1, 0.15) is 38.5 Å². The molecule has 1 N–H and O–H groups in total. The molecule has 0 spiro atoms. The number of nitrogens with zero attached hydrogens (tertiary/aromatic N) is 3. The molecule has 0 unspecified atom stereocenters. The fourth-order valence-electron chi connectivity index (χ4n) is 3.02. The maximum absolute atomic E-state index is 12.4. The van der Waals surface area contributed by atoms with Crippen LogP contribution in [0.5, 0.6) is 0 Å². The number of aryl methyl sites for hydroxylation is 1. The Balaban J connectivity index is 2.11. The summed E-state index contributed by atoms with van der Waals surface area (Å²) in [5.74, 6) is 0. The van der Waals surface area contributed by atoms with Gasteiger partial charge < -0.3 is 4.90 Å². The zero-order chi connectivity index (χ0) is 15.5. The van der Waals surface area contributed by atoms with Crippen LogP contribution in [0.4, 0.5) is 0 Å². The van der Waals surface area contributed by atoms with E-state index in [1.54, 1.807) is 7.05 Å². The summed E-state index contributed by atoms with van der Waals surface area (Å²) in [5, 5.41) is 3.93. The highest BCUT2D eigenvalue weighted by molar-refractivity contribution is 7.89. The van der Waals surface area contributed by atoms with Gasteiger partial charge in [0.2, 0.25) is 10.0 Å². The predicted octanol–water partition coefficient (Wildman–Crippen LogP) is 1.35. The maximum Gasteiger partial charge on any atom is 0.243 e. The molecule has 1 aliphatic rings. The summed E-state index contributed by atoms with van der Waals surface area (Å²) in [6.45, 7) is 0.456. The maximum atomic E-state index is 12.4. The van der Waals surface area contributed by atoms with Crippen LogP contribution in [0.2, 0.25) is 0 Å². The molecule has 1 saturated carbocycles. The third-order valence-corrected chi connectivity index (χ3v) is 5.92.